The topological polar surface area (TPSA) is 0 Å². The minimum absolute atomic E-state index is 1.21. The average molecular weight is 351 g/mol. The van der Waals surface area contributed by atoms with E-state index in [1.54, 1.807) is 0 Å². The fraction of sp³-hybridized carbons (Fsp3) is 0.538. The van der Waals surface area contributed by atoms with Gasteiger partial charge in [-0.3, -0.25) is 0 Å². The molecule has 2 aromatic carbocycles. The van der Waals surface area contributed by atoms with Crippen LogP contribution in [0, 0.1) is 0 Å². The molecule has 0 nitrogen and oxygen atoms in total. The maximum Gasteiger partial charge on any atom is -0.0279 e. The van der Waals surface area contributed by atoms with Crippen LogP contribution < -0.4 is 0 Å². The molecule has 26 heavy (non-hydrogen) atoms. The summed E-state index contributed by atoms with van der Waals surface area (Å²) in [6.45, 7) is 4.54. The first kappa shape index (κ1) is 20.7. The molecule has 0 heteroatoms. The summed E-state index contributed by atoms with van der Waals surface area (Å²) < 4.78 is 0. The van der Waals surface area contributed by atoms with Gasteiger partial charge >= 0.3 is 0 Å². The van der Waals surface area contributed by atoms with Crippen LogP contribution in [0.2, 0.25) is 0 Å². The van der Waals surface area contributed by atoms with Gasteiger partial charge in [-0.05, 0) is 73.6 Å². The summed E-state index contributed by atoms with van der Waals surface area (Å²) in [6, 6.07) is 18.7. The van der Waals surface area contributed by atoms with Crippen LogP contribution in [0.1, 0.15) is 87.5 Å². The number of rotatable bonds is 13. The van der Waals surface area contributed by atoms with E-state index in [1.807, 2.05) is 0 Å². The molecule has 0 saturated heterocycles. The molecule has 142 valence electrons. The van der Waals surface area contributed by atoms with Gasteiger partial charge in [0, 0.05) is 0 Å². The zero-order valence-electron chi connectivity index (χ0n) is 17.1. The van der Waals surface area contributed by atoms with Gasteiger partial charge in [0.25, 0.3) is 0 Å². The van der Waals surface area contributed by atoms with Gasteiger partial charge in [0.15, 0.2) is 0 Å². The molecule has 0 fully saturated rings. The van der Waals surface area contributed by atoms with Crippen molar-refractivity contribution in [3.8, 4) is 0 Å². The first-order chi connectivity index (χ1) is 12.8. The highest BCUT2D eigenvalue weighted by Crippen LogP contribution is 2.14. The van der Waals surface area contributed by atoms with Crippen molar-refractivity contribution in [3.63, 3.8) is 0 Å². The maximum atomic E-state index is 2.34. The van der Waals surface area contributed by atoms with Gasteiger partial charge in [0.05, 0.1) is 0 Å². The second-order valence-electron chi connectivity index (χ2n) is 7.75. The molecular formula is C26H38. The first-order valence-corrected chi connectivity index (χ1v) is 11.0. The Labute approximate surface area is 162 Å². The molecule has 2 aromatic rings. The quantitative estimate of drug-likeness (QED) is 0.324. The minimum Gasteiger partial charge on any atom is -0.0654 e. The number of hydrogen-bond acceptors (Lipinski definition) is 0. The van der Waals surface area contributed by atoms with Crippen molar-refractivity contribution in [3.05, 3.63) is 70.8 Å². The average Bonchev–Trinajstić information content (AvgIpc) is 2.68. The lowest BCUT2D eigenvalue weighted by Crippen LogP contribution is -1.92. The fourth-order valence-corrected chi connectivity index (χ4v) is 3.56. The number of benzene rings is 2. The van der Waals surface area contributed by atoms with Crippen LogP contribution in [0.3, 0.4) is 0 Å². The van der Waals surface area contributed by atoms with Crippen LogP contribution in [0.4, 0.5) is 0 Å². The molecule has 0 saturated carbocycles. The van der Waals surface area contributed by atoms with Crippen molar-refractivity contribution >= 4 is 0 Å². The lowest BCUT2D eigenvalue weighted by atomic mass is 10.00. The predicted octanol–water partition coefficient (Wildman–Crippen LogP) is 7.72. The molecule has 0 radical (unpaired) electrons. The molecule has 2 rings (SSSR count). The van der Waals surface area contributed by atoms with E-state index in [0.717, 1.165) is 0 Å². The Hall–Kier alpha value is -1.56. The van der Waals surface area contributed by atoms with Gasteiger partial charge in [-0.25, -0.2) is 0 Å². The van der Waals surface area contributed by atoms with Crippen LogP contribution in [-0.2, 0) is 25.7 Å². The molecule has 0 aliphatic heterocycles. The standard InChI is InChI=1S/C26H38/c1-3-5-7-11-23-15-19-25(20-16-23)13-9-10-14-26-21-17-24(18-22-26)12-8-6-4-2/h15-22H,3-14H2,1-2H3. The summed E-state index contributed by atoms with van der Waals surface area (Å²) in [6.07, 6.45) is 15.4. The van der Waals surface area contributed by atoms with Crippen molar-refractivity contribution in [2.24, 2.45) is 0 Å². The summed E-state index contributed by atoms with van der Waals surface area (Å²) in [5.41, 5.74) is 5.99. The molecule has 0 amide bonds. The van der Waals surface area contributed by atoms with E-state index in [4.69, 9.17) is 0 Å². The Morgan fingerprint density at radius 3 is 0.846 bits per heavy atom. The molecule has 0 aliphatic rings. The Morgan fingerprint density at radius 2 is 0.615 bits per heavy atom. The lowest BCUT2D eigenvalue weighted by molar-refractivity contribution is 0.714. The van der Waals surface area contributed by atoms with Gasteiger partial charge in [-0.15, -0.1) is 0 Å². The van der Waals surface area contributed by atoms with E-state index in [-0.39, 0.29) is 0 Å². The van der Waals surface area contributed by atoms with E-state index < -0.39 is 0 Å². The summed E-state index contributed by atoms with van der Waals surface area (Å²) in [5, 5.41) is 0. The lowest BCUT2D eigenvalue weighted by Gasteiger charge is -2.06. The zero-order chi connectivity index (χ0) is 18.5. The number of aryl methyl sites for hydroxylation is 4. The van der Waals surface area contributed by atoms with Gasteiger partial charge in [-0.1, -0.05) is 88.1 Å². The minimum atomic E-state index is 1.21. The molecule has 0 heterocycles. The van der Waals surface area contributed by atoms with Crippen LogP contribution in [-0.4, -0.2) is 0 Å². The normalized spacial score (nSPS) is 11.0. The third-order valence-electron chi connectivity index (χ3n) is 5.36. The molecule has 0 unspecified atom stereocenters. The maximum absolute atomic E-state index is 2.34. The third-order valence-corrected chi connectivity index (χ3v) is 5.36. The van der Waals surface area contributed by atoms with E-state index in [0.29, 0.717) is 0 Å². The Morgan fingerprint density at radius 1 is 0.385 bits per heavy atom. The third kappa shape index (κ3) is 8.21. The highest BCUT2D eigenvalue weighted by Gasteiger charge is 1.99. The Balaban J connectivity index is 1.63. The molecule has 0 aromatic heterocycles. The first-order valence-electron chi connectivity index (χ1n) is 11.0. The number of hydrogen-bond donors (Lipinski definition) is 0. The smallest absolute Gasteiger partial charge is 0.0279 e. The second kappa shape index (κ2) is 12.7. The van der Waals surface area contributed by atoms with E-state index >= 15 is 0 Å². The molecule has 0 atom stereocenters. The van der Waals surface area contributed by atoms with Crippen molar-refractivity contribution in [1.82, 2.24) is 0 Å². The summed E-state index contributed by atoms with van der Waals surface area (Å²) >= 11 is 0. The zero-order valence-corrected chi connectivity index (χ0v) is 17.1. The highest BCUT2D eigenvalue weighted by molar-refractivity contribution is 5.24. The van der Waals surface area contributed by atoms with Crippen LogP contribution in [0.25, 0.3) is 0 Å². The Kier molecular flexibility index (Phi) is 10.2. The predicted molar refractivity (Wildman–Crippen MR) is 116 cm³/mol. The molecule has 0 N–H and O–H groups in total. The fourth-order valence-electron chi connectivity index (χ4n) is 3.56. The van der Waals surface area contributed by atoms with Gasteiger partial charge in [0.2, 0.25) is 0 Å². The van der Waals surface area contributed by atoms with Crippen molar-refractivity contribution in [1.29, 1.82) is 0 Å². The van der Waals surface area contributed by atoms with Crippen molar-refractivity contribution in [2.75, 3.05) is 0 Å². The van der Waals surface area contributed by atoms with Gasteiger partial charge < -0.3 is 0 Å². The van der Waals surface area contributed by atoms with Gasteiger partial charge in [0.1, 0.15) is 0 Å². The van der Waals surface area contributed by atoms with Crippen LogP contribution >= 0.6 is 0 Å². The molecule has 0 aliphatic carbocycles. The van der Waals surface area contributed by atoms with Gasteiger partial charge in [-0.2, -0.15) is 0 Å². The summed E-state index contributed by atoms with van der Waals surface area (Å²) in [4.78, 5) is 0. The largest absolute Gasteiger partial charge is 0.0654 e. The molecule has 0 spiro atoms. The number of unbranched alkanes of at least 4 members (excludes halogenated alkanes) is 5. The van der Waals surface area contributed by atoms with E-state index in [9.17, 15) is 0 Å². The Bertz CT molecular complexity index is 521. The summed E-state index contributed by atoms with van der Waals surface area (Å²) in [7, 11) is 0. The second-order valence-corrected chi connectivity index (χ2v) is 7.75. The van der Waals surface area contributed by atoms with Crippen LogP contribution in [0.5, 0.6) is 0 Å². The van der Waals surface area contributed by atoms with Crippen LogP contribution in [0.15, 0.2) is 48.5 Å². The SMILES string of the molecule is CCCCCc1ccc(CCCCc2ccc(CCCCC)cc2)cc1. The molecule has 0 bridgehead atoms. The van der Waals surface area contributed by atoms with Crippen molar-refractivity contribution < 1.29 is 0 Å². The monoisotopic (exact) mass is 350 g/mol. The summed E-state index contributed by atoms with van der Waals surface area (Å²) in [5.74, 6) is 0. The van der Waals surface area contributed by atoms with E-state index in [1.165, 1.54) is 99.3 Å². The highest BCUT2D eigenvalue weighted by atomic mass is 14.0. The van der Waals surface area contributed by atoms with E-state index in [2.05, 4.69) is 62.4 Å². The van der Waals surface area contributed by atoms with Crippen molar-refractivity contribution in [2.45, 2.75) is 90.9 Å². The molecular weight excluding hydrogens is 312 g/mol.